The van der Waals surface area contributed by atoms with Gasteiger partial charge in [-0.15, -0.1) is 11.8 Å². The molecule has 3 aliphatic heterocycles. The first-order chi connectivity index (χ1) is 24.4. The van der Waals surface area contributed by atoms with E-state index in [0.717, 1.165) is 35.6 Å². The van der Waals surface area contributed by atoms with E-state index in [2.05, 4.69) is 10.6 Å². The third kappa shape index (κ3) is 6.27. The third-order valence-corrected chi connectivity index (χ3v) is 10.7. The van der Waals surface area contributed by atoms with Crippen LogP contribution in [0.25, 0.3) is 10.9 Å². The van der Waals surface area contributed by atoms with Crippen molar-refractivity contribution in [3.8, 4) is 5.75 Å². The number of hydrogen-bond acceptors (Lipinski definition) is 11. The minimum absolute atomic E-state index is 0.00622. The fraction of sp³-hybridized carbons (Fsp3) is 0.353. The van der Waals surface area contributed by atoms with Crippen LogP contribution in [0, 0.1) is 5.82 Å². The number of rotatable bonds is 10. The number of pyridine rings is 1. The molecule has 2 amide bonds. The molecule has 7 rings (SSSR count). The predicted octanol–water partition coefficient (Wildman–Crippen LogP) is 1.35. The average Bonchev–Trinajstić information content (AvgIpc) is 3.96. The molecule has 4 heterocycles. The minimum atomic E-state index is -1.70. The van der Waals surface area contributed by atoms with Crippen LogP contribution in [0.4, 0.5) is 10.1 Å². The van der Waals surface area contributed by atoms with Crippen LogP contribution in [-0.2, 0) is 23.9 Å². The van der Waals surface area contributed by atoms with Crippen molar-refractivity contribution in [3.05, 3.63) is 81.0 Å². The van der Waals surface area contributed by atoms with Gasteiger partial charge in [-0.25, -0.2) is 14.0 Å². The van der Waals surface area contributed by atoms with Crippen LogP contribution >= 0.6 is 11.8 Å². The number of carboxylic acids is 2. The summed E-state index contributed by atoms with van der Waals surface area (Å²) in [5.41, 5.74) is -0.525. The molecule has 2 saturated heterocycles. The van der Waals surface area contributed by atoms with Crippen LogP contribution in [0.3, 0.4) is 0 Å². The van der Waals surface area contributed by atoms with Gasteiger partial charge in [0.25, 0.3) is 5.91 Å². The van der Waals surface area contributed by atoms with E-state index in [9.17, 15) is 44.1 Å². The number of β-lactam (4-membered cyclic amide) rings is 1. The van der Waals surface area contributed by atoms with Crippen LogP contribution in [0.2, 0.25) is 0 Å². The van der Waals surface area contributed by atoms with E-state index in [1.807, 2.05) is 4.90 Å². The van der Waals surface area contributed by atoms with E-state index in [0.29, 0.717) is 37.4 Å². The quantitative estimate of drug-likeness (QED) is 0.114. The molecule has 266 valence electrons. The summed E-state index contributed by atoms with van der Waals surface area (Å²) >= 11 is 1.08. The normalized spacial score (nSPS) is 20.8. The van der Waals surface area contributed by atoms with Crippen LogP contribution in [0.1, 0.15) is 40.7 Å². The Morgan fingerprint density at radius 2 is 1.76 bits per heavy atom. The number of aromatic hydroxyl groups is 1. The summed E-state index contributed by atoms with van der Waals surface area (Å²) in [5.74, 6) is -8.28. The molecule has 3 fully saturated rings. The molecule has 51 heavy (non-hydrogen) atoms. The lowest BCUT2D eigenvalue weighted by Gasteiger charge is -2.49. The molecule has 0 bridgehead atoms. The highest BCUT2D eigenvalue weighted by Gasteiger charge is 2.55. The Morgan fingerprint density at radius 3 is 2.41 bits per heavy atom. The molecule has 0 radical (unpaired) electrons. The highest BCUT2D eigenvalue weighted by atomic mass is 32.2. The van der Waals surface area contributed by atoms with Gasteiger partial charge in [0.05, 0.1) is 11.2 Å². The number of carbonyl (C=O) groups is 5. The van der Waals surface area contributed by atoms with E-state index in [4.69, 9.17) is 4.74 Å². The van der Waals surface area contributed by atoms with Crippen molar-refractivity contribution in [3.63, 3.8) is 0 Å². The molecule has 1 saturated carbocycles. The first-order valence-corrected chi connectivity index (χ1v) is 17.2. The van der Waals surface area contributed by atoms with Crippen molar-refractivity contribution in [2.24, 2.45) is 0 Å². The average molecular weight is 722 g/mol. The molecular weight excluding hydrogens is 689 g/mol. The van der Waals surface area contributed by atoms with Gasteiger partial charge in [0.2, 0.25) is 11.3 Å². The highest BCUT2D eigenvalue weighted by Crippen LogP contribution is 2.41. The summed E-state index contributed by atoms with van der Waals surface area (Å²) in [6.45, 7) is 2.00. The number of aliphatic carboxylic acids is 2. The number of halogens is 1. The molecule has 15 nitrogen and oxygen atoms in total. The van der Waals surface area contributed by atoms with E-state index < -0.39 is 70.6 Å². The number of ether oxygens (including phenoxy) is 1. The van der Waals surface area contributed by atoms with Gasteiger partial charge in [-0.1, -0.05) is 12.1 Å². The number of phenolic OH excluding ortho intramolecular Hbond substituents is 1. The Hall–Kier alpha value is -5.42. The van der Waals surface area contributed by atoms with Crippen molar-refractivity contribution in [1.82, 2.24) is 20.1 Å². The molecule has 4 aliphatic rings. The Kier molecular flexibility index (Phi) is 8.93. The first-order valence-electron chi connectivity index (χ1n) is 16.2. The Labute approximate surface area is 292 Å². The van der Waals surface area contributed by atoms with Gasteiger partial charge >= 0.3 is 17.9 Å². The largest absolute Gasteiger partial charge is 0.508 e. The summed E-state index contributed by atoms with van der Waals surface area (Å²) in [5, 5.41) is 34.0. The Balaban J connectivity index is 1.09. The number of piperazine rings is 1. The van der Waals surface area contributed by atoms with Crippen LogP contribution in [-0.4, -0.2) is 104 Å². The fourth-order valence-corrected chi connectivity index (χ4v) is 7.97. The summed E-state index contributed by atoms with van der Waals surface area (Å²) in [6, 6.07) is 6.52. The van der Waals surface area contributed by atoms with Gasteiger partial charge in [-0.3, -0.25) is 24.1 Å². The van der Waals surface area contributed by atoms with Gasteiger partial charge in [-0.2, -0.15) is 0 Å². The lowest BCUT2D eigenvalue weighted by molar-refractivity contribution is -0.152. The number of carbonyl (C=O) groups excluding carboxylic acids is 3. The number of fused-ring (bicyclic) bond motifs is 2. The molecule has 0 spiro atoms. The van der Waals surface area contributed by atoms with Crippen molar-refractivity contribution in [1.29, 1.82) is 0 Å². The number of carboxylic acid groups (broad SMARTS) is 2. The lowest BCUT2D eigenvalue weighted by atomic mass is 9.96. The number of benzene rings is 2. The molecule has 5 N–H and O–H groups in total. The molecular formula is C34H32FN5O10S. The fourth-order valence-electron chi connectivity index (χ4n) is 6.64. The van der Waals surface area contributed by atoms with Crippen LogP contribution < -0.4 is 21.0 Å². The summed E-state index contributed by atoms with van der Waals surface area (Å²) in [6.07, 6.45) is 3.01. The summed E-state index contributed by atoms with van der Waals surface area (Å²) in [4.78, 5) is 80.2. The van der Waals surface area contributed by atoms with Gasteiger partial charge in [0, 0.05) is 55.1 Å². The zero-order valence-electron chi connectivity index (χ0n) is 26.8. The monoisotopic (exact) mass is 721 g/mol. The topological polar surface area (TPSA) is 208 Å². The third-order valence-electron chi connectivity index (χ3n) is 9.38. The minimum Gasteiger partial charge on any atom is -0.508 e. The van der Waals surface area contributed by atoms with E-state index in [1.165, 1.54) is 30.5 Å². The van der Waals surface area contributed by atoms with Crippen molar-refractivity contribution >= 4 is 58.1 Å². The second kappa shape index (κ2) is 13.4. The maximum atomic E-state index is 15.4. The smallest absolute Gasteiger partial charge is 0.352 e. The number of thioether (sulfide) groups is 1. The molecule has 3 unspecified atom stereocenters. The zero-order valence-corrected chi connectivity index (χ0v) is 27.7. The van der Waals surface area contributed by atoms with Crippen LogP contribution in [0.5, 0.6) is 5.75 Å². The van der Waals surface area contributed by atoms with Gasteiger partial charge in [0.15, 0.2) is 5.92 Å². The van der Waals surface area contributed by atoms with Crippen molar-refractivity contribution in [2.75, 3.05) is 43.4 Å². The maximum Gasteiger partial charge on any atom is 0.352 e. The molecule has 3 atom stereocenters. The molecule has 17 heteroatoms. The van der Waals surface area contributed by atoms with E-state index >= 15 is 4.39 Å². The standard InChI is InChI=1S/C34H32FN5O10S/c35-22-11-20-23(12-24(22)38-9-7-36-8-10-38)39(18-3-4-18)13-21(28(20)42)34(49)50-14-17-15-51-31-26(30(44)40(31)27(17)33(47)48)37-29(43)25(32(45)46)16-1-5-19(41)6-2-16/h1-2,5-6,11-13,18,25-26,31,36,41H,3-4,7-10,14-15H2,(H,37,43)(H,45,46)(H,47,48). The number of nitrogens with one attached hydrogen (secondary N) is 2. The number of esters is 1. The number of anilines is 1. The SMILES string of the molecule is O=C(O)C1=C(COC(=O)c2cn(C3CC3)c3cc(N4CCNCC4)c(F)cc3c2=O)CSC2C(NC(=O)C(C(=O)O)c3ccc(O)cc3)C(=O)N12. The number of nitrogens with zero attached hydrogens (tertiary/aromatic N) is 3. The second-order valence-corrected chi connectivity index (χ2v) is 13.8. The van der Waals surface area contributed by atoms with Crippen molar-refractivity contribution in [2.45, 2.75) is 36.2 Å². The van der Waals surface area contributed by atoms with E-state index in [1.54, 1.807) is 10.6 Å². The van der Waals surface area contributed by atoms with E-state index in [-0.39, 0.29) is 39.6 Å². The first kappa shape index (κ1) is 34.0. The van der Waals surface area contributed by atoms with Gasteiger partial charge in [0.1, 0.15) is 40.8 Å². The number of aromatic nitrogens is 1. The predicted molar refractivity (Wildman–Crippen MR) is 180 cm³/mol. The molecule has 1 aromatic heterocycles. The van der Waals surface area contributed by atoms with Gasteiger partial charge < -0.3 is 40.2 Å². The lowest BCUT2D eigenvalue weighted by Crippen LogP contribution is -2.71. The van der Waals surface area contributed by atoms with Crippen molar-refractivity contribution < 1.29 is 48.4 Å². The number of phenols is 1. The number of amides is 2. The molecule has 1 aliphatic carbocycles. The Bertz CT molecular complexity index is 2080. The summed E-state index contributed by atoms with van der Waals surface area (Å²) in [7, 11) is 0. The Morgan fingerprint density at radius 1 is 1.06 bits per heavy atom. The van der Waals surface area contributed by atoms with Crippen LogP contribution in [0.15, 0.2) is 58.7 Å². The second-order valence-electron chi connectivity index (χ2n) is 12.7. The zero-order chi connectivity index (χ0) is 36.1. The summed E-state index contributed by atoms with van der Waals surface area (Å²) < 4.78 is 22.6. The van der Waals surface area contributed by atoms with Gasteiger partial charge in [-0.05, 0) is 42.7 Å². The highest BCUT2D eigenvalue weighted by molar-refractivity contribution is 8.00. The number of hydrogen-bond donors (Lipinski definition) is 5. The molecule has 2 aromatic carbocycles. The molecule has 3 aromatic rings. The maximum absolute atomic E-state index is 15.4.